The van der Waals surface area contributed by atoms with Crippen LogP contribution in [0.2, 0.25) is 0 Å². The van der Waals surface area contributed by atoms with Gasteiger partial charge in [0.15, 0.2) is 6.10 Å². The topological polar surface area (TPSA) is 99.1 Å². The number of rotatable bonds is 53. The average Bonchev–Trinajstić information content (AvgIpc) is 3.28. The third kappa shape index (κ3) is 48.3. The van der Waals surface area contributed by atoms with Crippen molar-refractivity contribution in [1.29, 1.82) is 0 Å². The summed E-state index contributed by atoms with van der Waals surface area (Å²) in [6.07, 6.45) is 54.1. The Balaban J connectivity index is 4.42. The van der Waals surface area contributed by atoms with E-state index < -0.39 is 24.3 Å². The highest BCUT2D eigenvalue weighted by atomic mass is 16.7. The minimum Gasteiger partial charge on any atom is -0.461 e. The van der Waals surface area contributed by atoms with E-state index in [1.54, 1.807) is 0 Å². The molecule has 0 aliphatic rings. The summed E-state index contributed by atoms with van der Waals surface area (Å²) in [4.78, 5) is 38.2. The lowest BCUT2D eigenvalue weighted by Crippen LogP contribution is -2.39. The van der Waals surface area contributed by atoms with Gasteiger partial charge in [-0.1, -0.05) is 290 Å². The molecule has 1 N–H and O–H groups in total. The second-order valence-corrected chi connectivity index (χ2v) is 19.7. The highest BCUT2D eigenvalue weighted by Crippen LogP contribution is 2.18. The Morgan fingerprint density at radius 3 is 0.750 bits per heavy atom. The van der Waals surface area contributed by atoms with E-state index in [1.165, 1.54) is 231 Å². The molecule has 2 unspecified atom stereocenters. The highest BCUT2D eigenvalue weighted by Gasteiger charge is 2.28. The molecule has 0 saturated carbocycles. The van der Waals surface area contributed by atoms with Crippen molar-refractivity contribution in [2.75, 3.05) is 6.61 Å². The van der Waals surface area contributed by atoms with E-state index in [2.05, 4.69) is 20.8 Å². The van der Waals surface area contributed by atoms with Gasteiger partial charge in [0.1, 0.15) is 6.61 Å². The molecule has 7 nitrogen and oxygen atoms in total. The van der Waals surface area contributed by atoms with Gasteiger partial charge in [0.2, 0.25) is 6.29 Å². The van der Waals surface area contributed by atoms with Crippen LogP contribution in [-0.2, 0) is 28.6 Å². The molecule has 0 rings (SSSR count). The zero-order chi connectivity index (χ0) is 46.7. The minimum absolute atomic E-state index is 0.202. The molecule has 0 radical (unpaired) electrons. The first-order valence-corrected chi connectivity index (χ1v) is 28.7. The van der Waals surface area contributed by atoms with E-state index in [9.17, 15) is 19.5 Å². The van der Waals surface area contributed by atoms with Gasteiger partial charge >= 0.3 is 17.9 Å². The highest BCUT2D eigenvalue weighted by molar-refractivity contribution is 5.71. The van der Waals surface area contributed by atoms with Crippen molar-refractivity contribution >= 4 is 17.9 Å². The van der Waals surface area contributed by atoms with Crippen molar-refractivity contribution in [3.05, 3.63) is 0 Å². The standard InChI is InChI=1S/C57H110O7/c1-4-7-10-13-16-19-22-25-28-31-34-37-40-43-46-49-54(58)62-52-53(63-55(59)50-47-44-41-38-35-32-29-26-23-20-17-14-11-8-5-2)57(61)64-56(60)51-48-45-42-39-36-33-30-27-24-21-18-15-12-9-6-3/h53,57,61H,4-52H2,1-3H3. The number of hydrogen-bond acceptors (Lipinski definition) is 7. The van der Waals surface area contributed by atoms with Gasteiger partial charge in [0.05, 0.1) is 0 Å². The Hall–Kier alpha value is -1.63. The van der Waals surface area contributed by atoms with Gasteiger partial charge in [0.25, 0.3) is 0 Å². The summed E-state index contributed by atoms with van der Waals surface area (Å²) < 4.78 is 16.4. The first-order valence-electron chi connectivity index (χ1n) is 28.7. The molecule has 0 aliphatic heterocycles. The molecule has 7 heteroatoms. The van der Waals surface area contributed by atoms with Gasteiger partial charge in [-0.3, -0.25) is 14.4 Å². The molecule has 0 spiro atoms. The fourth-order valence-corrected chi connectivity index (χ4v) is 8.84. The van der Waals surface area contributed by atoms with Crippen molar-refractivity contribution in [2.45, 2.75) is 341 Å². The molecule has 0 heterocycles. The van der Waals surface area contributed by atoms with Crippen molar-refractivity contribution in [3.8, 4) is 0 Å². The van der Waals surface area contributed by atoms with Crippen molar-refractivity contribution in [3.63, 3.8) is 0 Å². The van der Waals surface area contributed by atoms with E-state index >= 15 is 0 Å². The number of unbranched alkanes of at least 4 members (excludes halogenated alkanes) is 42. The number of aliphatic hydroxyl groups excluding tert-OH is 1. The maximum absolute atomic E-state index is 12.9. The van der Waals surface area contributed by atoms with Crippen molar-refractivity contribution in [2.24, 2.45) is 0 Å². The van der Waals surface area contributed by atoms with Crippen LogP contribution in [0.5, 0.6) is 0 Å². The fraction of sp³-hybridized carbons (Fsp3) is 0.947. The summed E-state index contributed by atoms with van der Waals surface area (Å²) >= 11 is 0. The molecule has 380 valence electrons. The molecule has 0 aromatic rings. The van der Waals surface area contributed by atoms with Gasteiger partial charge in [0, 0.05) is 19.3 Å². The molecule has 0 saturated heterocycles. The zero-order valence-electron chi connectivity index (χ0n) is 43.2. The lowest BCUT2D eigenvalue weighted by atomic mass is 10.0. The van der Waals surface area contributed by atoms with Crippen LogP contribution in [0.1, 0.15) is 329 Å². The molecule has 0 amide bonds. The van der Waals surface area contributed by atoms with Crippen LogP contribution < -0.4 is 0 Å². The average molecular weight is 907 g/mol. The van der Waals surface area contributed by atoms with Crippen LogP contribution >= 0.6 is 0 Å². The normalized spacial score (nSPS) is 12.4. The predicted molar refractivity (Wildman–Crippen MR) is 272 cm³/mol. The molecule has 0 fully saturated rings. The lowest BCUT2D eigenvalue weighted by molar-refractivity contribution is -0.206. The zero-order valence-corrected chi connectivity index (χ0v) is 43.2. The van der Waals surface area contributed by atoms with Crippen LogP contribution in [0.15, 0.2) is 0 Å². The van der Waals surface area contributed by atoms with Crippen molar-refractivity contribution in [1.82, 2.24) is 0 Å². The Labute approximate surface area is 398 Å². The summed E-state index contributed by atoms with van der Waals surface area (Å²) in [5, 5.41) is 10.9. The van der Waals surface area contributed by atoms with E-state index in [1.807, 2.05) is 0 Å². The Morgan fingerprint density at radius 1 is 0.297 bits per heavy atom. The summed E-state index contributed by atoms with van der Waals surface area (Å²) in [7, 11) is 0. The lowest BCUT2D eigenvalue weighted by Gasteiger charge is -2.23. The van der Waals surface area contributed by atoms with E-state index in [-0.39, 0.29) is 31.8 Å². The quantitative estimate of drug-likeness (QED) is 0.0281. The van der Waals surface area contributed by atoms with Crippen molar-refractivity contribution < 1.29 is 33.7 Å². The molecular weight excluding hydrogens is 797 g/mol. The van der Waals surface area contributed by atoms with Crippen LogP contribution in [0, 0.1) is 0 Å². The summed E-state index contributed by atoms with van der Waals surface area (Å²) in [5.41, 5.74) is 0. The Kier molecular flexibility index (Phi) is 51.0. The molecule has 2 atom stereocenters. The second-order valence-electron chi connectivity index (χ2n) is 19.7. The molecule has 0 bridgehead atoms. The number of hydrogen-bond donors (Lipinski definition) is 1. The third-order valence-electron chi connectivity index (χ3n) is 13.2. The van der Waals surface area contributed by atoms with Crippen LogP contribution in [-0.4, -0.2) is 42.0 Å². The number of carbonyl (C=O) groups is 3. The number of carbonyl (C=O) groups excluding carboxylic acids is 3. The van der Waals surface area contributed by atoms with Crippen LogP contribution in [0.4, 0.5) is 0 Å². The van der Waals surface area contributed by atoms with Crippen LogP contribution in [0.25, 0.3) is 0 Å². The third-order valence-corrected chi connectivity index (χ3v) is 13.2. The fourth-order valence-electron chi connectivity index (χ4n) is 8.84. The Bertz CT molecular complexity index is 970. The van der Waals surface area contributed by atoms with Gasteiger partial charge in [-0.15, -0.1) is 0 Å². The molecule has 0 aromatic heterocycles. The maximum atomic E-state index is 12.9. The second kappa shape index (κ2) is 52.3. The van der Waals surface area contributed by atoms with Gasteiger partial charge in [-0.05, 0) is 19.3 Å². The number of aliphatic hydroxyl groups is 1. The van der Waals surface area contributed by atoms with Gasteiger partial charge in [-0.2, -0.15) is 0 Å². The summed E-state index contributed by atoms with van der Waals surface area (Å²) in [5.74, 6) is -1.36. The van der Waals surface area contributed by atoms with Gasteiger partial charge in [-0.25, -0.2) is 0 Å². The summed E-state index contributed by atoms with van der Waals surface area (Å²) in [6, 6.07) is 0. The predicted octanol–water partition coefficient (Wildman–Crippen LogP) is 18.1. The SMILES string of the molecule is CCCCCCCCCCCCCCCCCC(=O)OCC(OC(=O)CCCCCCCCCCCCCCCCC)C(O)OC(=O)CCCCCCCCCCCCCCCCC. The molecular formula is C57H110O7. The van der Waals surface area contributed by atoms with E-state index in [0.29, 0.717) is 12.8 Å². The monoisotopic (exact) mass is 907 g/mol. The van der Waals surface area contributed by atoms with Gasteiger partial charge < -0.3 is 19.3 Å². The minimum atomic E-state index is -1.67. The number of esters is 3. The summed E-state index contributed by atoms with van der Waals surface area (Å²) in [6.45, 7) is 6.48. The molecule has 0 aromatic carbocycles. The first-order chi connectivity index (χ1) is 31.4. The smallest absolute Gasteiger partial charge is 0.308 e. The molecule has 64 heavy (non-hydrogen) atoms. The molecule has 0 aliphatic carbocycles. The first kappa shape index (κ1) is 62.4. The number of ether oxygens (including phenoxy) is 3. The largest absolute Gasteiger partial charge is 0.461 e. The Morgan fingerprint density at radius 2 is 0.500 bits per heavy atom. The van der Waals surface area contributed by atoms with E-state index in [4.69, 9.17) is 14.2 Å². The van der Waals surface area contributed by atoms with E-state index in [0.717, 1.165) is 44.9 Å². The maximum Gasteiger partial charge on any atom is 0.308 e. The van der Waals surface area contributed by atoms with Crippen LogP contribution in [0.3, 0.4) is 0 Å².